The normalized spacial score (nSPS) is 13.8. The van der Waals surface area contributed by atoms with E-state index in [1.807, 2.05) is 0 Å². The molecule has 4 aliphatic carbocycles. The molecule has 14 rings (SSSR count). The van der Waals surface area contributed by atoms with Gasteiger partial charge in [0.2, 0.25) is 0 Å². The Kier molecular flexibility index (Phi) is 24.6. The summed E-state index contributed by atoms with van der Waals surface area (Å²) in [5, 5.41) is 6.27. The van der Waals surface area contributed by atoms with E-state index < -0.39 is 51.6 Å². The second-order valence-electron chi connectivity index (χ2n) is 30.8. The summed E-state index contributed by atoms with van der Waals surface area (Å²) in [4.78, 5) is 0. The Morgan fingerprint density at radius 2 is 0.673 bits per heavy atom. The molecule has 0 spiro atoms. The number of halogens is 4. The van der Waals surface area contributed by atoms with Crippen molar-refractivity contribution in [3.63, 3.8) is 0 Å². The van der Waals surface area contributed by atoms with Crippen LogP contribution >= 0.6 is 0 Å². The van der Waals surface area contributed by atoms with E-state index in [4.69, 9.17) is 0 Å². The van der Waals surface area contributed by atoms with E-state index in [1.165, 1.54) is 77.9 Å². The molecule has 10 aromatic rings. The largest absolute Gasteiger partial charge is 1.00 e. The van der Waals surface area contributed by atoms with Crippen LogP contribution in [0.1, 0.15) is 159 Å². The van der Waals surface area contributed by atoms with E-state index in [0.717, 1.165) is 12.8 Å². The van der Waals surface area contributed by atoms with Crippen LogP contribution in [0.25, 0.3) is 44.5 Å². The van der Waals surface area contributed by atoms with Crippen molar-refractivity contribution in [3.05, 3.63) is 329 Å². The summed E-state index contributed by atoms with van der Waals surface area (Å²) in [7, 11) is 0. The first kappa shape index (κ1) is 76.7. The molecule has 0 aliphatic heterocycles. The SMILES string of the molecule is CC(C)(C)c1cc2c(cc1-c1ccccc1)[CH]([Zr+4]([C]1=CC=CC1)=[Si](c1ccccc1)c1ccccc1)c1cc(-c3ccccc3)c(C(C)(C)C)cc1-2.Cc1cc2c(cc1C(C)(C)C)-c1cc(C(C)(C)C)c(C)cc1[CH]2[Zr]([C]1=CC=CC1)=[Si](c1ccccc1)c1ccccc1.[Cl-].[Cl-].[Cl-].[Cl-]. The van der Waals surface area contributed by atoms with Crippen LogP contribution in [0.5, 0.6) is 0 Å². The number of allylic oxidation sites excluding steroid dienone is 8. The molecule has 0 heterocycles. The van der Waals surface area contributed by atoms with Gasteiger partial charge in [0.1, 0.15) is 0 Å². The Bertz CT molecular complexity index is 4470. The first-order chi connectivity index (χ1) is 45.0. The van der Waals surface area contributed by atoms with Crippen LogP contribution in [0.4, 0.5) is 0 Å². The van der Waals surface area contributed by atoms with E-state index in [2.05, 4.69) is 364 Å². The molecule has 0 atom stereocenters. The fourth-order valence-electron chi connectivity index (χ4n) is 15.8. The van der Waals surface area contributed by atoms with Gasteiger partial charge in [-0.3, -0.25) is 0 Å². The third-order valence-electron chi connectivity index (χ3n) is 20.0. The molecule has 0 aromatic heterocycles. The van der Waals surface area contributed by atoms with Crippen molar-refractivity contribution in [1.29, 1.82) is 0 Å². The van der Waals surface area contributed by atoms with Crippen molar-refractivity contribution in [1.82, 2.24) is 0 Å². The van der Waals surface area contributed by atoms with Gasteiger partial charge in [0.25, 0.3) is 0 Å². The molecule has 98 heavy (non-hydrogen) atoms. The standard InChI is InChI=1S/C33H33.C23H29.2C12H10Si.2C5H5.4ClH.2Zr/c1-32(2,3)30-20-26-24(18-28(30)22-13-9-7-10-14-22)17-25-19-29(23-15-11-8-12-16-23)31(21-27(25)26)33(4,5)6;1-14-9-16-11-17-10-15(2)21(23(6,7)8)13-19(17)18(16)12-20(14)22(3,4)5;2*1-3-7-11(8-4-1)13-12-9-5-2-6-10-12;2*1-2-4-5-3-1;;;;;;/h7-21H,1-6H3;9-13H,1-8H3;2*1-10H;2*1-3H,4H2;4*1H;;/q;;;;;;;;;;;+4/p-4. The van der Waals surface area contributed by atoms with Gasteiger partial charge in [-0.05, 0) is 0 Å². The molecule has 0 saturated carbocycles. The molecule has 0 fully saturated rings. The Labute approximate surface area is 627 Å². The van der Waals surface area contributed by atoms with Crippen LogP contribution in [-0.2, 0) is 62.4 Å². The van der Waals surface area contributed by atoms with E-state index >= 15 is 0 Å². The number of benzene rings is 10. The minimum Gasteiger partial charge on any atom is -1.00 e. The third-order valence-corrected chi connectivity index (χ3v) is 59.5. The maximum atomic E-state index is 2.66. The molecule has 0 saturated heterocycles. The van der Waals surface area contributed by atoms with Crippen molar-refractivity contribution < 1.29 is 90.4 Å². The molecular weight excluding hydrogens is 1460 g/mol. The van der Waals surface area contributed by atoms with Crippen LogP contribution in [0.3, 0.4) is 0 Å². The maximum Gasteiger partial charge on any atom is -1.00 e. The fraction of sp³-hybridized carbons (Fsp3) is 0.244. The molecule has 10 aromatic carbocycles. The second kappa shape index (κ2) is 31.4. The number of aryl methyl sites for hydroxylation is 2. The quantitative estimate of drug-likeness (QED) is 0.120. The van der Waals surface area contributed by atoms with Gasteiger partial charge in [0.15, 0.2) is 0 Å². The summed E-state index contributed by atoms with van der Waals surface area (Å²) >= 11 is -5.19. The molecule has 0 N–H and O–H groups in total. The van der Waals surface area contributed by atoms with Crippen LogP contribution < -0.4 is 70.4 Å². The van der Waals surface area contributed by atoms with Crippen molar-refractivity contribution in [2.75, 3.05) is 0 Å². The average Bonchev–Trinajstić information content (AvgIpc) is 1.56. The summed E-state index contributed by atoms with van der Waals surface area (Å²) in [5.74, 6) is 0. The van der Waals surface area contributed by atoms with Gasteiger partial charge < -0.3 is 49.6 Å². The van der Waals surface area contributed by atoms with Gasteiger partial charge in [-0.15, -0.1) is 0 Å². The van der Waals surface area contributed by atoms with Crippen LogP contribution in [0, 0.1) is 13.8 Å². The Hall–Kier alpha value is -5.48. The molecule has 0 radical (unpaired) electrons. The van der Waals surface area contributed by atoms with Gasteiger partial charge in [-0.2, -0.15) is 0 Å². The minimum atomic E-state index is -2.71. The van der Waals surface area contributed by atoms with Crippen molar-refractivity contribution in [2.45, 2.75) is 139 Å². The summed E-state index contributed by atoms with van der Waals surface area (Å²) in [6.07, 6.45) is 16.8. The minimum absolute atomic E-state index is 0. The number of rotatable bonds is 10. The van der Waals surface area contributed by atoms with Gasteiger partial charge >= 0.3 is 585 Å². The number of hydrogen-bond donors (Lipinski definition) is 0. The maximum absolute atomic E-state index is 2.71. The van der Waals surface area contributed by atoms with E-state index in [9.17, 15) is 0 Å². The summed E-state index contributed by atoms with van der Waals surface area (Å²) < 4.78 is 4.42. The van der Waals surface area contributed by atoms with E-state index in [-0.39, 0.29) is 71.3 Å². The first-order valence-electron chi connectivity index (χ1n) is 34.2. The van der Waals surface area contributed by atoms with E-state index in [0.29, 0.717) is 7.25 Å². The molecule has 8 heteroatoms. The zero-order valence-electron chi connectivity index (χ0n) is 59.5. The molecule has 0 amide bonds. The molecule has 496 valence electrons. The van der Waals surface area contributed by atoms with Crippen molar-refractivity contribution in [2.24, 2.45) is 0 Å². The van der Waals surface area contributed by atoms with Crippen LogP contribution in [-0.4, -0.2) is 10.9 Å². The van der Waals surface area contributed by atoms with Crippen molar-refractivity contribution in [3.8, 4) is 44.5 Å². The summed E-state index contributed by atoms with van der Waals surface area (Å²) in [6.45, 7) is 33.2. The fourth-order valence-corrected chi connectivity index (χ4v) is 60.2. The Morgan fingerprint density at radius 1 is 0.347 bits per heavy atom. The zero-order valence-corrected chi connectivity index (χ0v) is 69.4. The van der Waals surface area contributed by atoms with Crippen LogP contribution in [0.2, 0.25) is 0 Å². The van der Waals surface area contributed by atoms with Crippen molar-refractivity contribution >= 4 is 31.6 Å². The topological polar surface area (TPSA) is 0 Å². The third kappa shape index (κ3) is 15.5. The molecule has 0 bridgehead atoms. The molecule has 4 aliphatic rings. The Morgan fingerprint density at radius 3 is 1.01 bits per heavy atom. The summed E-state index contributed by atoms with van der Waals surface area (Å²) in [6, 6.07) is 89.7. The van der Waals surface area contributed by atoms with Gasteiger partial charge in [0, 0.05) is 0 Å². The summed E-state index contributed by atoms with van der Waals surface area (Å²) in [5.41, 5.74) is 24.4. The predicted octanol–water partition coefficient (Wildman–Crippen LogP) is 9.21. The number of fused-ring (bicyclic) bond motifs is 6. The average molecular weight is 1550 g/mol. The molecule has 0 unspecified atom stereocenters. The molecule has 0 nitrogen and oxygen atoms in total. The second-order valence-corrected chi connectivity index (χ2v) is 58.4. The number of hydrogen-bond acceptors (Lipinski definition) is 0. The van der Waals surface area contributed by atoms with Gasteiger partial charge in [-0.25, -0.2) is 0 Å². The molecular formula is C90H92Cl4Si2Zr2. The predicted molar refractivity (Wildman–Crippen MR) is 402 cm³/mol. The van der Waals surface area contributed by atoms with Gasteiger partial charge in [0.05, 0.1) is 0 Å². The van der Waals surface area contributed by atoms with Crippen LogP contribution in [0.15, 0.2) is 274 Å². The smallest absolute Gasteiger partial charge is 1.00 e. The van der Waals surface area contributed by atoms with E-state index in [1.54, 1.807) is 49.6 Å². The van der Waals surface area contributed by atoms with Gasteiger partial charge in [-0.1, -0.05) is 0 Å². The first-order valence-corrected chi connectivity index (χ1v) is 49.9. The zero-order chi connectivity index (χ0) is 65.8. The Balaban J connectivity index is 0.000000225. The monoisotopic (exact) mass is 1550 g/mol.